The van der Waals surface area contributed by atoms with Gasteiger partial charge in [0.05, 0.1) is 14.2 Å². The molecule has 1 spiro atoms. The lowest BCUT2D eigenvalue weighted by atomic mass is 9.90. The summed E-state index contributed by atoms with van der Waals surface area (Å²) in [7, 11) is 3.19. The third-order valence-electron chi connectivity index (χ3n) is 6.96. The predicted molar refractivity (Wildman–Crippen MR) is 128 cm³/mol. The summed E-state index contributed by atoms with van der Waals surface area (Å²) in [6, 6.07) is 15.8. The highest BCUT2D eigenvalue weighted by molar-refractivity contribution is 5.92. The van der Waals surface area contributed by atoms with Crippen LogP contribution in [0.15, 0.2) is 54.6 Å². The zero-order valence-corrected chi connectivity index (χ0v) is 19.4. The number of amides is 2. The first-order valence-electron chi connectivity index (χ1n) is 11.6. The maximum atomic E-state index is 12.7. The molecule has 6 nitrogen and oxygen atoms in total. The second-order valence-electron chi connectivity index (χ2n) is 8.92. The Kier molecular flexibility index (Phi) is 7.02. The highest BCUT2D eigenvalue weighted by Gasteiger charge is 2.58. The molecule has 1 unspecified atom stereocenters. The molecule has 1 N–H and O–H groups in total. The molecule has 2 aliphatic rings. The fourth-order valence-corrected chi connectivity index (χ4v) is 4.77. The molecule has 2 aromatic rings. The number of hydrogen-bond acceptors (Lipinski definition) is 4. The number of nitrogens with zero attached hydrogens (tertiary/aromatic N) is 1. The number of carbonyl (C=O) groups excluding carboxylic acids is 2. The first-order valence-corrected chi connectivity index (χ1v) is 11.6. The van der Waals surface area contributed by atoms with Crippen molar-refractivity contribution in [2.45, 2.75) is 25.7 Å². The molecule has 33 heavy (non-hydrogen) atoms. The summed E-state index contributed by atoms with van der Waals surface area (Å²) in [5.74, 6) is 1.55. The van der Waals surface area contributed by atoms with Crippen LogP contribution in [-0.2, 0) is 16.0 Å². The Morgan fingerprint density at radius 3 is 2.48 bits per heavy atom. The van der Waals surface area contributed by atoms with Gasteiger partial charge in [-0.3, -0.25) is 9.59 Å². The van der Waals surface area contributed by atoms with Crippen LogP contribution in [0.4, 0.5) is 0 Å². The third kappa shape index (κ3) is 5.38. The Balaban J connectivity index is 1.23. The number of benzene rings is 2. The van der Waals surface area contributed by atoms with Crippen molar-refractivity contribution >= 4 is 17.9 Å². The van der Waals surface area contributed by atoms with Gasteiger partial charge in [0.25, 0.3) is 0 Å². The van der Waals surface area contributed by atoms with Crippen molar-refractivity contribution < 1.29 is 19.1 Å². The Bertz CT molecular complexity index is 1010. The topological polar surface area (TPSA) is 67.9 Å². The minimum Gasteiger partial charge on any atom is -0.493 e. The maximum absolute atomic E-state index is 12.7. The second kappa shape index (κ2) is 10.1. The second-order valence-corrected chi connectivity index (χ2v) is 8.92. The fraction of sp³-hybridized carbons (Fsp3) is 0.407. The van der Waals surface area contributed by atoms with E-state index in [0.717, 1.165) is 31.2 Å². The summed E-state index contributed by atoms with van der Waals surface area (Å²) in [5.41, 5.74) is 2.20. The molecule has 1 saturated heterocycles. The monoisotopic (exact) mass is 448 g/mol. The van der Waals surface area contributed by atoms with Gasteiger partial charge in [-0.25, -0.2) is 0 Å². The van der Waals surface area contributed by atoms with E-state index in [0.29, 0.717) is 31.1 Å². The molecular weight excluding hydrogens is 416 g/mol. The van der Waals surface area contributed by atoms with E-state index < -0.39 is 0 Å². The Labute approximate surface area is 195 Å². The summed E-state index contributed by atoms with van der Waals surface area (Å²) in [6.45, 7) is 2.06. The van der Waals surface area contributed by atoms with Gasteiger partial charge >= 0.3 is 0 Å². The first-order chi connectivity index (χ1) is 16.0. The van der Waals surface area contributed by atoms with Gasteiger partial charge in [0.15, 0.2) is 11.5 Å². The van der Waals surface area contributed by atoms with Crippen LogP contribution in [0, 0.1) is 11.3 Å². The van der Waals surface area contributed by atoms with Crippen LogP contribution < -0.4 is 14.8 Å². The van der Waals surface area contributed by atoms with Crippen molar-refractivity contribution in [1.29, 1.82) is 0 Å². The number of piperidine rings is 1. The van der Waals surface area contributed by atoms with E-state index >= 15 is 0 Å². The standard InChI is InChI=1S/C27H32N2O4/c1-32-23-10-8-21(18-24(23)33-2)9-11-25(30)29-16-13-27(14-17-29)19-22(27)26(31)28-15-12-20-6-4-3-5-7-20/h3-11,18,22H,12-17,19H2,1-2H3,(H,28,31)/b11-9+. The smallest absolute Gasteiger partial charge is 0.246 e. The van der Waals surface area contributed by atoms with Crippen LogP contribution in [0.2, 0.25) is 0 Å². The zero-order valence-electron chi connectivity index (χ0n) is 19.4. The molecule has 2 fully saturated rings. The summed E-state index contributed by atoms with van der Waals surface area (Å²) in [4.78, 5) is 27.2. The lowest BCUT2D eigenvalue weighted by molar-refractivity contribution is -0.127. The van der Waals surface area contributed by atoms with Crippen molar-refractivity contribution in [1.82, 2.24) is 10.2 Å². The SMILES string of the molecule is COc1ccc(/C=C/C(=O)N2CCC3(CC2)CC3C(=O)NCCc2ccccc2)cc1OC. The average Bonchev–Trinajstić information content (AvgIpc) is 3.56. The van der Waals surface area contributed by atoms with Crippen LogP contribution >= 0.6 is 0 Å². The first kappa shape index (κ1) is 22.9. The van der Waals surface area contributed by atoms with E-state index in [1.54, 1.807) is 26.4 Å². The van der Waals surface area contributed by atoms with Crippen molar-refractivity contribution in [3.63, 3.8) is 0 Å². The van der Waals surface area contributed by atoms with Crippen LogP contribution in [0.3, 0.4) is 0 Å². The maximum Gasteiger partial charge on any atom is 0.246 e. The van der Waals surface area contributed by atoms with Gasteiger partial charge in [-0.15, -0.1) is 0 Å². The quantitative estimate of drug-likeness (QED) is 0.626. The number of methoxy groups -OCH3 is 2. The minimum absolute atomic E-state index is 0.00384. The molecule has 1 saturated carbocycles. The Hall–Kier alpha value is -3.28. The van der Waals surface area contributed by atoms with Crippen molar-refractivity contribution in [3.8, 4) is 11.5 Å². The van der Waals surface area contributed by atoms with E-state index in [-0.39, 0.29) is 23.1 Å². The molecule has 4 rings (SSSR count). The molecule has 1 aliphatic heterocycles. The van der Waals surface area contributed by atoms with Crippen LogP contribution in [0.5, 0.6) is 11.5 Å². The number of likely N-dealkylation sites (tertiary alicyclic amines) is 1. The van der Waals surface area contributed by atoms with Gasteiger partial charge in [-0.1, -0.05) is 36.4 Å². The van der Waals surface area contributed by atoms with Crippen molar-refractivity contribution in [3.05, 3.63) is 65.7 Å². The summed E-state index contributed by atoms with van der Waals surface area (Å²) in [5, 5.41) is 3.10. The van der Waals surface area contributed by atoms with Crippen molar-refractivity contribution in [2.75, 3.05) is 33.9 Å². The van der Waals surface area contributed by atoms with E-state index in [1.807, 2.05) is 41.3 Å². The molecule has 1 aliphatic carbocycles. The number of hydrogen-bond donors (Lipinski definition) is 1. The average molecular weight is 449 g/mol. The van der Waals surface area contributed by atoms with Crippen molar-refractivity contribution in [2.24, 2.45) is 11.3 Å². The van der Waals surface area contributed by atoms with E-state index in [9.17, 15) is 9.59 Å². The van der Waals surface area contributed by atoms with Gasteiger partial charge in [-0.05, 0) is 60.4 Å². The molecule has 1 heterocycles. The largest absolute Gasteiger partial charge is 0.493 e. The lowest BCUT2D eigenvalue weighted by Gasteiger charge is -2.32. The van der Waals surface area contributed by atoms with E-state index in [2.05, 4.69) is 17.4 Å². The van der Waals surface area contributed by atoms with Gasteiger partial charge < -0.3 is 19.7 Å². The van der Waals surface area contributed by atoms with Crippen LogP contribution in [0.1, 0.15) is 30.4 Å². The van der Waals surface area contributed by atoms with Crippen LogP contribution in [-0.4, -0.2) is 50.6 Å². The summed E-state index contributed by atoms with van der Waals surface area (Å²) in [6.07, 6.45) is 6.97. The normalized spacial score (nSPS) is 18.8. The third-order valence-corrected chi connectivity index (χ3v) is 6.96. The van der Waals surface area contributed by atoms with E-state index in [1.165, 1.54) is 5.56 Å². The molecule has 0 aromatic heterocycles. The number of nitrogens with one attached hydrogen (secondary N) is 1. The Morgan fingerprint density at radius 1 is 1.06 bits per heavy atom. The molecule has 2 amide bonds. The van der Waals surface area contributed by atoms with Gasteiger partial charge in [0, 0.05) is 31.6 Å². The number of rotatable bonds is 8. The number of ether oxygens (including phenoxy) is 2. The van der Waals surface area contributed by atoms with Crippen LogP contribution in [0.25, 0.3) is 6.08 Å². The molecule has 2 aromatic carbocycles. The van der Waals surface area contributed by atoms with Gasteiger partial charge in [-0.2, -0.15) is 0 Å². The summed E-state index contributed by atoms with van der Waals surface area (Å²) < 4.78 is 10.6. The summed E-state index contributed by atoms with van der Waals surface area (Å²) >= 11 is 0. The molecule has 174 valence electrons. The number of carbonyl (C=O) groups is 2. The highest BCUT2D eigenvalue weighted by atomic mass is 16.5. The lowest BCUT2D eigenvalue weighted by Crippen LogP contribution is -2.40. The molecule has 1 atom stereocenters. The Morgan fingerprint density at radius 2 is 1.79 bits per heavy atom. The molecule has 6 heteroatoms. The molecule has 0 bridgehead atoms. The molecule has 0 radical (unpaired) electrons. The fourth-order valence-electron chi connectivity index (χ4n) is 4.77. The van der Waals surface area contributed by atoms with E-state index in [4.69, 9.17) is 9.47 Å². The van der Waals surface area contributed by atoms with Gasteiger partial charge in [0.1, 0.15) is 0 Å². The van der Waals surface area contributed by atoms with Gasteiger partial charge in [0.2, 0.25) is 11.8 Å². The highest BCUT2D eigenvalue weighted by Crippen LogP contribution is 2.59. The minimum atomic E-state index is 0.00384. The predicted octanol–water partition coefficient (Wildman–Crippen LogP) is 3.70. The molecular formula is C27H32N2O4. The zero-order chi connectivity index (χ0) is 23.3.